The highest BCUT2D eigenvalue weighted by atomic mass is 35.5. The van der Waals surface area contributed by atoms with Gasteiger partial charge in [-0.15, -0.1) is 0 Å². The minimum absolute atomic E-state index is 0.285. The van der Waals surface area contributed by atoms with Crippen LogP contribution in [0.2, 0.25) is 5.02 Å². The van der Waals surface area contributed by atoms with Gasteiger partial charge in [0.2, 0.25) is 6.10 Å². The van der Waals surface area contributed by atoms with Crippen molar-refractivity contribution in [2.75, 3.05) is 0 Å². The first kappa shape index (κ1) is 15.1. The standard InChI is InChI=1S/C15H11Cl2NO4/c16-10-5-3-4-9(8-10)14-15(17,18(20)21)13(19)11-6-1-2-7-12(11)22-14/h1-8,13-14,19H/t13-,14-,15+/m0/s1. The van der Waals surface area contributed by atoms with Crippen molar-refractivity contribution in [3.63, 3.8) is 0 Å². The summed E-state index contributed by atoms with van der Waals surface area (Å²) in [5.74, 6) is 0.359. The van der Waals surface area contributed by atoms with Crippen LogP contribution < -0.4 is 4.74 Å². The molecule has 2 aromatic carbocycles. The van der Waals surface area contributed by atoms with E-state index in [9.17, 15) is 15.2 Å². The molecule has 2 aromatic rings. The molecule has 0 aromatic heterocycles. The smallest absolute Gasteiger partial charge is 0.364 e. The van der Waals surface area contributed by atoms with Crippen molar-refractivity contribution in [3.8, 4) is 5.75 Å². The molecule has 0 saturated heterocycles. The highest BCUT2D eigenvalue weighted by Crippen LogP contribution is 2.51. The molecule has 0 unspecified atom stereocenters. The van der Waals surface area contributed by atoms with Crippen LogP contribution in [0.15, 0.2) is 48.5 Å². The fourth-order valence-electron chi connectivity index (χ4n) is 2.55. The summed E-state index contributed by atoms with van der Waals surface area (Å²) in [5, 5.41) is 22.4. The number of nitro groups is 1. The van der Waals surface area contributed by atoms with Gasteiger partial charge in [0.15, 0.2) is 6.10 Å². The van der Waals surface area contributed by atoms with Crippen molar-refractivity contribution in [1.82, 2.24) is 0 Å². The highest BCUT2D eigenvalue weighted by molar-refractivity contribution is 6.30. The van der Waals surface area contributed by atoms with E-state index in [4.69, 9.17) is 27.9 Å². The molecule has 0 amide bonds. The molecule has 3 rings (SSSR count). The van der Waals surface area contributed by atoms with E-state index in [2.05, 4.69) is 0 Å². The van der Waals surface area contributed by atoms with Crippen LogP contribution in [-0.2, 0) is 0 Å². The van der Waals surface area contributed by atoms with Gasteiger partial charge in [-0.3, -0.25) is 10.1 Å². The van der Waals surface area contributed by atoms with E-state index in [1.165, 1.54) is 6.07 Å². The van der Waals surface area contributed by atoms with Crippen molar-refractivity contribution in [1.29, 1.82) is 0 Å². The van der Waals surface area contributed by atoms with E-state index < -0.39 is 22.1 Å². The second-order valence-electron chi connectivity index (χ2n) is 4.98. The monoisotopic (exact) mass is 339 g/mol. The van der Waals surface area contributed by atoms with Gasteiger partial charge in [-0.1, -0.05) is 41.9 Å². The Bertz CT molecular complexity index is 739. The third-order valence-electron chi connectivity index (χ3n) is 3.64. The van der Waals surface area contributed by atoms with Gasteiger partial charge < -0.3 is 9.84 Å². The van der Waals surface area contributed by atoms with Gasteiger partial charge in [0, 0.05) is 16.1 Å². The topological polar surface area (TPSA) is 72.6 Å². The second-order valence-corrected chi connectivity index (χ2v) is 6.02. The molecular formula is C15H11Cl2NO4. The van der Waals surface area contributed by atoms with E-state index in [1.807, 2.05) is 0 Å². The average molecular weight is 340 g/mol. The zero-order chi connectivity index (χ0) is 15.9. The van der Waals surface area contributed by atoms with Gasteiger partial charge in [0.25, 0.3) is 0 Å². The Hall–Kier alpha value is -1.82. The molecule has 0 spiro atoms. The third-order valence-corrected chi connectivity index (χ3v) is 4.42. The molecule has 1 aliphatic heterocycles. The third kappa shape index (κ3) is 2.22. The predicted molar refractivity (Wildman–Crippen MR) is 81.8 cm³/mol. The highest BCUT2D eigenvalue weighted by Gasteiger charge is 2.61. The number of ether oxygens (including phenoxy) is 1. The Morgan fingerprint density at radius 3 is 2.64 bits per heavy atom. The van der Waals surface area contributed by atoms with E-state index >= 15 is 0 Å². The Balaban J connectivity index is 2.18. The van der Waals surface area contributed by atoms with Crippen molar-refractivity contribution < 1.29 is 14.8 Å². The Labute approximate surface area is 136 Å². The van der Waals surface area contributed by atoms with Crippen LogP contribution in [0.1, 0.15) is 23.3 Å². The second kappa shape index (κ2) is 5.43. The molecule has 5 nitrogen and oxygen atoms in total. The number of alkyl halides is 1. The quantitative estimate of drug-likeness (QED) is 0.391. The normalized spacial score (nSPS) is 26.9. The Kier molecular flexibility index (Phi) is 3.72. The number of para-hydroxylation sites is 1. The molecular weight excluding hydrogens is 329 g/mol. The zero-order valence-electron chi connectivity index (χ0n) is 11.1. The van der Waals surface area contributed by atoms with Crippen LogP contribution in [0.25, 0.3) is 0 Å². The van der Waals surface area contributed by atoms with Crippen LogP contribution in [0.5, 0.6) is 5.75 Å². The van der Waals surface area contributed by atoms with Crippen LogP contribution in [-0.4, -0.2) is 15.0 Å². The summed E-state index contributed by atoms with van der Waals surface area (Å²) in [6.07, 6.45) is -2.69. The van der Waals surface area contributed by atoms with Gasteiger partial charge in [-0.05, 0) is 29.8 Å². The summed E-state index contributed by atoms with van der Waals surface area (Å²) in [6.45, 7) is 0. The van der Waals surface area contributed by atoms with Crippen molar-refractivity contribution in [3.05, 3.63) is 74.8 Å². The van der Waals surface area contributed by atoms with Crippen LogP contribution >= 0.6 is 23.2 Å². The number of aliphatic hydroxyl groups excluding tert-OH is 1. The maximum absolute atomic E-state index is 11.6. The lowest BCUT2D eigenvalue weighted by molar-refractivity contribution is -0.570. The minimum atomic E-state index is -2.24. The fraction of sp³-hybridized carbons (Fsp3) is 0.200. The summed E-state index contributed by atoms with van der Waals surface area (Å²) in [5.41, 5.74) is 0.709. The molecule has 22 heavy (non-hydrogen) atoms. The van der Waals surface area contributed by atoms with Gasteiger partial charge in [-0.25, -0.2) is 0 Å². The molecule has 0 saturated carbocycles. The maximum Gasteiger partial charge on any atom is 0.364 e. The molecule has 7 heteroatoms. The van der Waals surface area contributed by atoms with Crippen LogP contribution in [0.4, 0.5) is 0 Å². The SMILES string of the molecule is O=[N+]([O-])[C@]1(Cl)[C@@H](O)c2ccccc2O[C@H]1c1cccc(Cl)c1. The lowest BCUT2D eigenvalue weighted by Crippen LogP contribution is -2.49. The number of nitrogens with zero attached hydrogens (tertiary/aromatic N) is 1. The first-order chi connectivity index (χ1) is 10.4. The number of hydrogen-bond donors (Lipinski definition) is 1. The van der Waals surface area contributed by atoms with E-state index in [0.717, 1.165) is 0 Å². The molecule has 114 valence electrons. The predicted octanol–water partition coefficient (Wildman–Crippen LogP) is 3.72. The molecule has 0 bridgehead atoms. The summed E-state index contributed by atoms with van der Waals surface area (Å²) in [7, 11) is 0. The molecule has 3 atom stereocenters. The fourth-order valence-corrected chi connectivity index (χ4v) is 3.04. The van der Waals surface area contributed by atoms with Crippen molar-refractivity contribution >= 4 is 23.2 Å². The number of hydrogen-bond acceptors (Lipinski definition) is 4. The molecule has 1 heterocycles. The van der Waals surface area contributed by atoms with Gasteiger partial charge >= 0.3 is 5.00 Å². The Morgan fingerprint density at radius 2 is 1.95 bits per heavy atom. The lowest BCUT2D eigenvalue weighted by Gasteiger charge is -2.37. The summed E-state index contributed by atoms with van der Waals surface area (Å²) >= 11 is 12.2. The summed E-state index contributed by atoms with van der Waals surface area (Å²) in [6, 6.07) is 13.0. The average Bonchev–Trinajstić information content (AvgIpc) is 2.50. The first-order valence-corrected chi connectivity index (χ1v) is 7.22. The summed E-state index contributed by atoms with van der Waals surface area (Å²) in [4.78, 5) is 8.61. The Morgan fingerprint density at radius 1 is 1.23 bits per heavy atom. The van der Waals surface area contributed by atoms with Crippen LogP contribution in [0, 0.1) is 10.1 Å². The molecule has 0 aliphatic carbocycles. The summed E-state index contributed by atoms with van der Waals surface area (Å²) < 4.78 is 5.73. The molecule has 1 aliphatic rings. The number of rotatable bonds is 2. The maximum atomic E-state index is 11.6. The van der Waals surface area contributed by atoms with Gasteiger partial charge in [0.1, 0.15) is 5.75 Å². The van der Waals surface area contributed by atoms with Crippen LogP contribution in [0.3, 0.4) is 0 Å². The van der Waals surface area contributed by atoms with Crippen molar-refractivity contribution in [2.45, 2.75) is 17.2 Å². The van der Waals surface area contributed by atoms with E-state index in [1.54, 1.807) is 42.5 Å². The number of fused-ring (bicyclic) bond motifs is 1. The minimum Gasteiger partial charge on any atom is -0.476 e. The number of halogens is 2. The molecule has 0 fully saturated rings. The van der Waals surface area contributed by atoms with Gasteiger partial charge in [0.05, 0.1) is 4.92 Å². The van der Waals surface area contributed by atoms with E-state index in [0.29, 0.717) is 16.3 Å². The van der Waals surface area contributed by atoms with E-state index in [-0.39, 0.29) is 5.56 Å². The lowest BCUT2D eigenvalue weighted by atomic mass is 9.90. The largest absolute Gasteiger partial charge is 0.476 e. The number of benzene rings is 2. The number of aliphatic hydroxyl groups is 1. The van der Waals surface area contributed by atoms with Crippen molar-refractivity contribution in [2.24, 2.45) is 0 Å². The van der Waals surface area contributed by atoms with Gasteiger partial charge in [-0.2, -0.15) is 0 Å². The molecule has 1 N–H and O–H groups in total. The zero-order valence-corrected chi connectivity index (χ0v) is 12.7. The first-order valence-electron chi connectivity index (χ1n) is 6.47. The molecule has 0 radical (unpaired) electrons.